The molecule has 0 radical (unpaired) electrons. The van der Waals surface area contributed by atoms with E-state index in [0.717, 1.165) is 18.3 Å². The lowest BCUT2D eigenvalue weighted by Gasteiger charge is -2.48. The van der Waals surface area contributed by atoms with Crippen LogP contribution in [0.1, 0.15) is 26.2 Å². The van der Waals surface area contributed by atoms with Gasteiger partial charge in [-0.3, -0.25) is 9.88 Å². The van der Waals surface area contributed by atoms with Crippen molar-refractivity contribution >= 4 is 11.4 Å². The Morgan fingerprint density at radius 3 is 3.00 bits per heavy atom. The summed E-state index contributed by atoms with van der Waals surface area (Å²) < 4.78 is 0. The van der Waals surface area contributed by atoms with Crippen LogP contribution >= 0.6 is 0 Å². The van der Waals surface area contributed by atoms with Crippen molar-refractivity contribution in [2.24, 2.45) is 0 Å². The van der Waals surface area contributed by atoms with Gasteiger partial charge in [-0.25, -0.2) is 0 Å². The minimum atomic E-state index is 0.572. The molecule has 2 atom stereocenters. The van der Waals surface area contributed by atoms with E-state index in [1.807, 2.05) is 19.4 Å². The van der Waals surface area contributed by atoms with Gasteiger partial charge >= 0.3 is 0 Å². The average molecular weight is 260 g/mol. The van der Waals surface area contributed by atoms with Gasteiger partial charge in [0.05, 0.1) is 23.8 Å². The van der Waals surface area contributed by atoms with Crippen LogP contribution in [-0.2, 0) is 0 Å². The van der Waals surface area contributed by atoms with Crippen LogP contribution in [0.2, 0.25) is 0 Å². The van der Waals surface area contributed by atoms with Crippen LogP contribution in [0.3, 0.4) is 0 Å². The standard InChI is InChI=1S/C15H24N4/c1-12-10-18-6-4-3-5-14(18)11-19(12)15-7-13(16-2)8-17-9-15/h7-9,12,14,16H,3-6,10-11H2,1-2H3. The molecule has 2 aliphatic rings. The molecule has 0 saturated carbocycles. The molecule has 1 aromatic rings. The van der Waals surface area contributed by atoms with Crippen LogP contribution in [0.25, 0.3) is 0 Å². The first-order valence-corrected chi connectivity index (χ1v) is 7.41. The number of hydrogen-bond donors (Lipinski definition) is 1. The van der Waals surface area contributed by atoms with E-state index < -0.39 is 0 Å². The summed E-state index contributed by atoms with van der Waals surface area (Å²) in [6.07, 6.45) is 7.99. The van der Waals surface area contributed by atoms with Crippen LogP contribution in [-0.4, -0.2) is 48.6 Å². The van der Waals surface area contributed by atoms with Gasteiger partial charge in [0.2, 0.25) is 0 Å². The summed E-state index contributed by atoms with van der Waals surface area (Å²) in [7, 11) is 1.95. The van der Waals surface area contributed by atoms with Gasteiger partial charge in [0, 0.05) is 32.2 Å². The quantitative estimate of drug-likeness (QED) is 0.883. The second-order valence-corrected chi connectivity index (χ2v) is 5.83. The Morgan fingerprint density at radius 2 is 2.16 bits per heavy atom. The van der Waals surface area contributed by atoms with Gasteiger partial charge in [0.1, 0.15) is 0 Å². The van der Waals surface area contributed by atoms with Gasteiger partial charge < -0.3 is 10.2 Å². The topological polar surface area (TPSA) is 31.4 Å². The molecular weight excluding hydrogens is 236 g/mol. The van der Waals surface area contributed by atoms with E-state index in [-0.39, 0.29) is 0 Å². The number of nitrogens with one attached hydrogen (secondary N) is 1. The van der Waals surface area contributed by atoms with Crippen molar-refractivity contribution in [2.75, 3.05) is 36.9 Å². The molecule has 2 saturated heterocycles. The minimum Gasteiger partial charge on any atom is -0.387 e. The second kappa shape index (κ2) is 5.37. The largest absolute Gasteiger partial charge is 0.387 e. The molecule has 0 aliphatic carbocycles. The monoisotopic (exact) mass is 260 g/mol. The van der Waals surface area contributed by atoms with Crippen LogP contribution in [0.15, 0.2) is 18.5 Å². The molecule has 4 nitrogen and oxygen atoms in total. The van der Waals surface area contributed by atoms with Gasteiger partial charge in [-0.1, -0.05) is 6.42 Å². The molecule has 2 unspecified atom stereocenters. The molecule has 1 N–H and O–H groups in total. The molecule has 0 aromatic carbocycles. The zero-order valence-electron chi connectivity index (χ0n) is 12.0. The van der Waals surface area contributed by atoms with Crippen molar-refractivity contribution in [3.05, 3.63) is 18.5 Å². The van der Waals surface area contributed by atoms with Crippen molar-refractivity contribution in [1.29, 1.82) is 0 Å². The number of hydrogen-bond acceptors (Lipinski definition) is 4. The predicted molar refractivity (Wildman–Crippen MR) is 79.8 cm³/mol. The van der Waals surface area contributed by atoms with Crippen molar-refractivity contribution in [3.8, 4) is 0 Å². The Balaban J connectivity index is 1.79. The van der Waals surface area contributed by atoms with Crippen molar-refractivity contribution in [1.82, 2.24) is 9.88 Å². The fourth-order valence-electron chi connectivity index (χ4n) is 3.43. The van der Waals surface area contributed by atoms with E-state index in [4.69, 9.17) is 0 Å². The number of rotatable bonds is 2. The van der Waals surface area contributed by atoms with Crippen LogP contribution in [0, 0.1) is 0 Å². The molecule has 4 heteroatoms. The van der Waals surface area contributed by atoms with Crippen molar-refractivity contribution in [3.63, 3.8) is 0 Å². The zero-order valence-corrected chi connectivity index (χ0v) is 12.0. The molecule has 0 spiro atoms. The summed E-state index contributed by atoms with van der Waals surface area (Å²) in [6.45, 7) is 5.96. The average Bonchev–Trinajstić information content (AvgIpc) is 2.46. The highest BCUT2D eigenvalue weighted by Crippen LogP contribution is 2.28. The molecule has 0 bridgehead atoms. The first-order valence-electron chi connectivity index (χ1n) is 7.41. The predicted octanol–water partition coefficient (Wildman–Crippen LogP) is 2.19. The molecule has 2 aliphatic heterocycles. The highest BCUT2D eigenvalue weighted by Gasteiger charge is 2.33. The normalized spacial score (nSPS) is 28.0. The lowest BCUT2D eigenvalue weighted by molar-refractivity contribution is 0.115. The summed E-state index contributed by atoms with van der Waals surface area (Å²) in [5.41, 5.74) is 2.35. The maximum Gasteiger partial charge on any atom is 0.0576 e. The molecule has 3 rings (SSSR count). The van der Waals surface area contributed by atoms with E-state index in [1.54, 1.807) is 0 Å². The minimum absolute atomic E-state index is 0.572. The molecule has 3 heterocycles. The van der Waals surface area contributed by atoms with Gasteiger partial charge in [0.15, 0.2) is 0 Å². The second-order valence-electron chi connectivity index (χ2n) is 5.83. The fraction of sp³-hybridized carbons (Fsp3) is 0.667. The van der Waals surface area contributed by atoms with Gasteiger partial charge in [-0.2, -0.15) is 0 Å². The maximum atomic E-state index is 4.35. The van der Waals surface area contributed by atoms with Gasteiger partial charge in [-0.15, -0.1) is 0 Å². The lowest BCUT2D eigenvalue weighted by Crippen LogP contribution is -2.58. The molecule has 2 fully saturated rings. The molecular formula is C15H24N4. The number of aromatic nitrogens is 1. The number of piperazine rings is 1. The van der Waals surface area contributed by atoms with Crippen LogP contribution in [0.4, 0.5) is 11.4 Å². The molecule has 19 heavy (non-hydrogen) atoms. The highest BCUT2D eigenvalue weighted by molar-refractivity contribution is 5.56. The SMILES string of the molecule is CNc1cncc(N2CC3CCCCN3CC2C)c1. The van der Waals surface area contributed by atoms with Gasteiger partial charge in [-0.05, 0) is 32.4 Å². The van der Waals surface area contributed by atoms with E-state index in [1.165, 1.54) is 38.0 Å². The smallest absolute Gasteiger partial charge is 0.0576 e. The maximum absolute atomic E-state index is 4.35. The molecule has 104 valence electrons. The van der Waals surface area contributed by atoms with Crippen LogP contribution < -0.4 is 10.2 Å². The Kier molecular flexibility index (Phi) is 3.60. The third-order valence-electron chi connectivity index (χ3n) is 4.53. The highest BCUT2D eigenvalue weighted by atomic mass is 15.3. The van der Waals surface area contributed by atoms with E-state index in [2.05, 4.69) is 33.1 Å². The number of anilines is 2. The number of nitrogens with zero attached hydrogens (tertiary/aromatic N) is 3. The summed E-state index contributed by atoms with van der Waals surface area (Å²) in [5.74, 6) is 0. The van der Waals surface area contributed by atoms with E-state index in [0.29, 0.717) is 6.04 Å². The summed E-state index contributed by atoms with van der Waals surface area (Å²) in [4.78, 5) is 9.56. The Labute approximate surface area is 115 Å². The number of fused-ring (bicyclic) bond motifs is 1. The van der Waals surface area contributed by atoms with E-state index in [9.17, 15) is 0 Å². The summed E-state index contributed by atoms with van der Waals surface area (Å²) in [5, 5.41) is 3.18. The van der Waals surface area contributed by atoms with Crippen molar-refractivity contribution in [2.45, 2.75) is 38.3 Å². The molecule has 1 aromatic heterocycles. The first-order chi connectivity index (χ1) is 9.28. The third-order valence-corrected chi connectivity index (χ3v) is 4.53. The number of pyridine rings is 1. The fourth-order valence-corrected chi connectivity index (χ4v) is 3.43. The van der Waals surface area contributed by atoms with E-state index >= 15 is 0 Å². The summed E-state index contributed by atoms with van der Waals surface area (Å²) in [6, 6.07) is 3.52. The van der Waals surface area contributed by atoms with Gasteiger partial charge in [0.25, 0.3) is 0 Å². The Morgan fingerprint density at radius 1 is 1.26 bits per heavy atom. The number of piperidine rings is 1. The van der Waals surface area contributed by atoms with Crippen molar-refractivity contribution < 1.29 is 0 Å². The Hall–Kier alpha value is -1.29. The summed E-state index contributed by atoms with van der Waals surface area (Å²) >= 11 is 0. The zero-order chi connectivity index (χ0) is 13.2. The van der Waals surface area contributed by atoms with Crippen LogP contribution in [0.5, 0.6) is 0 Å². The molecule has 0 amide bonds. The lowest BCUT2D eigenvalue weighted by atomic mass is 9.97. The first kappa shape index (κ1) is 12.7. The third kappa shape index (κ3) is 2.54. The Bertz CT molecular complexity index is 434.